The van der Waals surface area contributed by atoms with E-state index in [1.165, 1.54) is 16.2 Å². The van der Waals surface area contributed by atoms with Crippen LogP contribution in [0.25, 0.3) is 9.88 Å². The average molecular weight is 350 g/mol. The highest BCUT2D eigenvalue weighted by molar-refractivity contribution is 7.20. The Morgan fingerprint density at radius 2 is 2.22 bits per heavy atom. The molecule has 1 aliphatic rings. The number of thiazole rings is 1. The van der Waals surface area contributed by atoms with Crippen molar-refractivity contribution in [2.75, 3.05) is 7.05 Å². The van der Waals surface area contributed by atoms with Crippen molar-refractivity contribution in [2.45, 2.75) is 19.0 Å². The van der Waals surface area contributed by atoms with Gasteiger partial charge in [-0.25, -0.2) is 9.78 Å². The van der Waals surface area contributed by atoms with Crippen molar-refractivity contribution < 1.29 is 14.4 Å². The molecule has 0 saturated carbocycles. The van der Waals surface area contributed by atoms with Gasteiger partial charge in [0.1, 0.15) is 11.0 Å². The maximum atomic E-state index is 12.2. The number of nitrogens with zero attached hydrogens (tertiary/aromatic N) is 2. The van der Waals surface area contributed by atoms with Crippen LogP contribution >= 0.6 is 22.7 Å². The molecule has 3 rings (SSSR count). The molecule has 1 saturated heterocycles. The molecule has 1 atom stereocenters. The van der Waals surface area contributed by atoms with E-state index in [1.807, 2.05) is 22.9 Å². The fourth-order valence-electron chi connectivity index (χ4n) is 2.16. The minimum Gasteiger partial charge on any atom is -0.340 e. The predicted molar refractivity (Wildman–Crippen MR) is 87.0 cm³/mol. The summed E-state index contributed by atoms with van der Waals surface area (Å²) >= 11 is 3.15. The third kappa shape index (κ3) is 3.57. The highest BCUT2D eigenvalue weighted by Crippen LogP contribution is 2.28. The molecule has 2 N–H and O–H groups in total. The van der Waals surface area contributed by atoms with E-state index in [9.17, 15) is 14.4 Å². The van der Waals surface area contributed by atoms with E-state index in [-0.39, 0.29) is 12.3 Å². The molecule has 7 nitrogen and oxygen atoms in total. The van der Waals surface area contributed by atoms with Crippen LogP contribution in [0.1, 0.15) is 12.1 Å². The summed E-state index contributed by atoms with van der Waals surface area (Å²) in [6.45, 7) is 0.364. The largest absolute Gasteiger partial charge is 0.340 e. The molecule has 1 unspecified atom stereocenters. The minimum atomic E-state index is -0.797. The molecule has 0 aromatic carbocycles. The Kier molecular flexibility index (Phi) is 4.39. The number of hydrogen-bond donors (Lipinski definition) is 2. The number of thiophene rings is 1. The van der Waals surface area contributed by atoms with Crippen molar-refractivity contribution in [1.82, 2.24) is 20.5 Å². The van der Waals surface area contributed by atoms with Crippen LogP contribution in [0.2, 0.25) is 0 Å². The third-order valence-corrected chi connectivity index (χ3v) is 5.28. The van der Waals surface area contributed by atoms with Gasteiger partial charge in [-0.05, 0) is 11.4 Å². The van der Waals surface area contributed by atoms with E-state index in [1.54, 1.807) is 18.4 Å². The average Bonchev–Trinajstić information content (AvgIpc) is 3.21. The van der Waals surface area contributed by atoms with Gasteiger partial charge in [-0.3, -0.25) is 14.9 Å². The van der Waals surface area contributed by atoms with Crippen molar-refractivity contribution in [3.05, 3.63) is 28.6 Å². The van der Waals surface area contributed by atoms with Crippen molar-refractivity contribution in [3.63, 3.8) is 0 Å². The molecule has 120 valence electrons. The summed E-state index contributed by atoms with van der Waals surface area (Å²) in [6, 6.07) is 2.62. The fraction of sp³-hybridized carbons (Fsp3) is 0.286. The van der Waals surface area contributed by atoms with Crippen LogP contribution in [0.3, 0.4) is 0 Å². The van der Waals surface area contributed by atoms with E-state index in [0.717, 1.165) is 15.6 Å². The van der Waals surface area contributed by atoms with Crippen molar-refractivity contribution in [3.8, 4) is 9.88 Å². The van der Waals surface area contributed by atoms with Crippen LogP contribution in [0.5, 0.6) is 0 Å². The number of aromatic nitrogens is 1. The Labute approximate surface area is 140 Å². The van der Waals surface area contributed by atoms with Crippen LogP contribution in [-0.2, 0) is 16.1 Å². The van der Waals surface area contributed by atoms with Gasteiger partial charge >= 0.3 is 6.03 Å². The summed E-state index contributed by atoms with van der Waals surface area (Å²) in [7, 11) is 1.65. The Morgan fingerprint density at radius 1 is 1.39 bits per heavy atom. The van der Waals surface area contributed by atoms with E-state index in [2.05, 4.69) is 15.6 Å². The van der Waals surface area contributed by atoms with Gasteiger partial charge in [0.2, 0.25) is 5.91 Å². The number of nitrogens with one attached hydrogen (secondary N) is 2. The van der Waals surface area contributed by atoms with E-state index >= 15 is 0 Å². The molecule has 2 aromatic rings. The molecule has 0 bridgehead atoms. The molecule has 0 spiro atoms. The van der Waals surface area contributed by atoms with Gasteiger partial charge < -0.3 is 10.2 Å². The Balaban J connectivity index is 1.58. The van der Waals surface area contributed by atoms with Crippen LogP contribution < -0.4 is 10.6 Å². The van der Waals surface area contributed by atoms with Crippen LogP contribution in [0.4, 0.5) is 4.79 Å². The van der Waals surface area contributed by atoms with Crippen LogP contribution in [-0.4, -0.2) is 40.8 Å². The van der Waals surface area contributed by atoms with E-state index < -0.39 is 18.0 Å². The normalized spacial score (nSPS) is 17.0. The lowest BCUT2D eigenvalue weighted by atomic mass is 10.2. The zero-order valence-electron chi connectivity index (χ0n) is 12.2. The van der Waals surface area contributed by atoms with Gasteiger partial charge in [0.15, 0.2) is 0 Å². The third-order valence-electron chi connectivity index (χ3n) is 3.35. The predicted octanol–water partition coefficient (Wildman–Crippen LogP) is 1.43. The summed E-state index contributed by atoms with van der Waals surface area (Å²) in [5.41, 5.74) is 0.800. The summed E-state index contributed by atoms with van der Waals surface area (Å²) in [4.78, 5) is 41.8. The van der Waals surface area contributed by atoms with Crippen LogP contribution in [0, 0.1) is 0 Å². The highest BCUT2D eigenvalue weighted by atomic mass is 32.1. The van der Waals surface area contributed by atoms with Gasteiger partial charge in [-0.2, -0.15) is 0 Å². The smallest absolute Gasteiger partial charge is 0.322 e. The summed E-state index contributed by atoms with van der Waals surface area (Å²) in [5.74, 6) is -0.691. The van der Waals surface area contributed by atoms with Gasteiger partial charge in [0, 0.05) is 12.4 Å². The van der Waals surface area contributed by atoms with Crippen molar-refractivity contribution in [1.29, 1.82) is 0 Å². The Hall–Kier alpha value is -2.26. The molecule has 3 heterocycles. The molecule has 9 heteroatoms. The number of urea groups is 1. The fourth-order valence-corrected chi connectivity index (χ4v) is 3.78. The van der Waals surface area contributed by atoms with E-state index in [4.69, 9.17) is 0 Å². The van der Waals surface area contributed by atoms with E-state index in [0.29, 0.717) is 6.54 Å². The lowest BCUT2D eigenvalue weighted by Crippen LogP contribution is -2.37. The minimum absolute atomic E-state index is 0.0595. The molecule has 0 aliphatic carbocycles. The van der Waals surface area contributed by atoms with Gasteiger partial charge in [0.05, 0.1) is 23.5 Å². The lowest BCUT2D eigenvalue weighted by molar-refractivity contribution is -0.133. The summed E-state index contributed by atoms with van der Waals surface area (Å²) in [5, 5.41) is 9.37. The van der Waals surface area contributed by atoms with Crippen molar-refractivity contribution >= 4 is 40.5 Å². The SMILES string of the molecule is CN(Cc1csc(-c2cccs2)n1)C(=O)CC1NC(=O)NC1=O. The molecule has 23 heavy (non-hydrogen) atoms. The van der Waals surface area contributed by atoms with Gasteiger partial charge in [-0.15, -0.1) is 22.7 Å². The molecular weight excluding hydrogens is 336 g/mol. The number of rotatable bonds is 5. The van der Waals surface area contributed by atoms with Gasteiger partial charge in [-0.1, -0.05) is 6.07 Å². The molecule has 1 aliphatic heterocycles. The van der Waals surface area contributed by atoms with Gasteiger partial charge in [0.25, 0.3) is 5.91 Å². The molecule has 0 radical (unpaired) electrons. The zero-order chi connectivity index (χ0) is 16.4. The zero-order valence-corrected chi connectivity index (χ0v) is 13.9. The van der Waals surface area contributed by atoms with Crippen molar-refractivity contribution in [2.24, 2.45) is 0 Å². The molecular formula is C14H14N4O3S2. The first-order chi connectivity index (χ1) is 11.0. The topological polar surface area (TPSA) is 91.4 Å². The summed E-state index contributed by atoms with van der Waals surface area (Å²) < 4.78 is 0. The number of hydrogen-bond acceptors (Lipinski definition) is 6. The molecule has 2 aromatic heterocycles. The number of carbonyl (C=O) groups excluding carboxylic acids is 3. The highest BCUT2D eigenvalue weighted by Gasteiger charge is 2.32. The first kappa shape index (κ1) is 15.6. The second kappa shape index (κ2) is 6.47. The monoisotopic (exact) mass is 350 g/mol. The molecule has 1 fully saturated rings. The molecule has 4 amide bonds. The summed E-state index contributed by atoms with van der Waals surface area (Å²) in [6.07, 6.45) is -0.0595. The quantitative estimate of drug-likeness (QED) is 0.798. The Bertz CT molecular complexity index is 741. The maximum absolute atomic E-state index is 12.2. The first-order valence-electron chi connectivity index (χ1n) is 6.86. The van der Waals surface area contributed by atoms with Crippen LogP contribution in [0.15, 0.2) is 22.9 Å². The number of carbonyl (C=O) groups is 3. The Morgan fingerprint density at radius 3 is 2.87 bits per heavy atom. The number of amides is 4. The second-order valence-corrected chi connectivity index (χ2v) is 6.90. The second-order valence-electron chi connectivity index (χ2n) is 5.09. The maximum Gasteiger partial charge on any atom is 0.322 e. The lowest BCUT2D eigenvalue weighted by Gasteiger charge is -2.17. The first-order valence-corrected chi connectivity index (χ1v) is 8.62. The standard InChI is InChI=1S/C14H14N4O3S2/c1-18(11(19)5-9-12(20)17-14(21)16-9)6-8-7-23-13(15-8)10-3-2-4-22-10/h2-4,7,9H,5-6H2,1H3,(H2,16,17,20,21). The number of imide groups is 1.